The smallest absolute Gasteiger partial charge is 0.0513 e. The van der Waals surface area contributed by atoms with Gasteiger partial charge in [0, 0.05) is 18.6 Å². The normalized spacial score (nSPS) is 22.9. The van der Waals surface area contributed by atoms with Crippen LogP contribution < -0.4 is 5.32 Å². The largest absolute Gasteiger partial charge is 0.381 e. The predicted octanol–water partition coefficient (Wildman–Crippen LogP) is 2.37. The van der Waals surface area contributed by atoms with Crippen LogP contribution in [0.3, 0.4) is 0 Å². The second-order valence-corrected chi connectivity index (χ2v) is 4.07. The Morgan fingerprint density at radius 2 is 2.20 bits per heavy atom. The highest BCUT2D eigenvalue weighted by Crippen LogP contribution is 2.28. The van der Waals surface area contributed by atoms with E-state index < -0.39 is 0 Å². The van der Waals surface area contributed by atoms with Crippen LogP contribution in [0.4, 0.5) is 0 Å². The standard InChI is InChI=1S/C13H19NO/c1-2-14-13(12-8-9-15-10-12)11-6-4-3-5-7-11/h3-7,12-14H,2,8-10H2,1H3/t12-,13-/m1/s1. The van der Waals surface area contributed by atoms with Gasteiger partial charge in [0.2, 0.25) is 0 Å². The average molecular weight is 205 g/mol. The van der Waals surface area contributed by atoms with E-state index in [0.717, 1.165) is 19.8 Å². The van der Waals surface area contributed by atoms with Crippen LogP contribution in [-0.2, 0) is 4.74 Å². The van der Waals surface area contributed by atoms with Crippen molar-refractivity contribution in [2.75, 3.05) is 19.8 Å². The van der Waals surface area contributed by atoms with E-state index in [1.807, 2.05) is 0 Å². The molecular weight excluding hydrogens is 186 g/mol. The molecule has 0 aromatic heterocycles. The molecule has 82 valence electrons. The number of rotatable bonds is 4. The Labute approximate surface area is 91.6 Å². The monoisotopic (exact) mass is 205 g/mol. The lowest BCUT2D eigenvalue weighted by atomic mass is 9.92. The second kappa shape index (κ2) is 5.29. The Balaban J connectivity index is 2.11. The molecule has 0 bridgehead atoms. The Bertz CT molecular complexity index is 280. The summed E-state index contributed by atoms with van der Waals surface area (Å²) in [6.45, 7) is 4.98. The SMILES string of the molecule is CCN[C@H](c1ccccc1)[C@@H]1CCOC1. The Hall–Kier alpha value is -0.860. The van der Waals surface area contributed by atoms with E-state index in [9.17, 15) is 0 Å². The van der Waals surface area contributed by atoms with Crippen molar-refractivity contribution in [1.82, 2.24) is 5.32 Å². The zero-order chi connectivity index (χ0) is 10.5. The molecule has 1 aromatic carbocycles. The molecule has 0 amide bonds. The summed E-state index contributed by atoms with van der Waals surface area (Å²) in [5, 5.41) is 3.56. The first-order chi connectivity index (χ1) is 7.42. The van der Waals surface area contributed by atoms with Gasteiger partial charge in [-0.05, 0) is 18.5 Å². The molecule has 0 saturated carbocycles. The second-order valence-electron chi connectivity index (χ2n) is 4.07. The molecule has 1 saturated heterocycles. The highest BCUT2D eigenvalue weighted by atomic mass is 16.5. The van der Waals surface area contributed by atoms with E-state index in [4.69, 9.17) is 4.74 Å². The number of hydrogen-bond acceptors (Lipinski definition) is 2. The molecule has 1 N–H and O–H groups in total. The molecule has 2 heteroatoms. The zero-order valence-corrected chi connectivity index (χ0v) is 9.28. The first-order valence-corrected chi connectivity index (χ1v) is 5.78. The molecule has 1 fully saturated rings. The lowest BCUT2D eigenvalue weighted by Gasteiger charge is -2.23. The molecule has 0 spiro atoms. The van der Waals surface area contributed by atoms with Gasteiger partial charge in [-0.1, -0.05) is 37.3 Å². The third kappa shape index (κ3) is 2.58. The van der Waals surface area contributed by atoms with Gasteiger partial charge in [0.25, 0.3) is 0 Å². The fourth-order valence-corrected chi connectivity index (χ4v) is 2.25. The number of nitrogens with one attached hydrogen (secondary N) is 1. The van der Waals surface area contributed by atoms with Crippen molar-refractivity contribution in [3.8, 4) is 0 Å². The molecule has 2 nitrogen and oxygen atoms in total. The van der Waals surface area contributed by atoms with Crippen molar-refractivity contribution >= 4 is 0 Å². The molecule has 1 heterocycles. The maximum atomic E-state index is 5.47. The van der Waals surface area contributed by atoms with Crippen LogP contribution >= 0.6 is 0 Å². The van der Waals surface area contributed by atoms with E-state index in [0.29, 0.717) is 12.0 Å². The van der Waals surface area contributed by atoms with Crippen molar-refractivity contribution in [1.29, 1.82) is 0 Å². The minimum atomic E-state index is 0.457. The van der Waals surface area contributed by atoms with Crippen LogP contribution in [0, 0.1) is 5.92 Å². The third-order valence-corrected chi connectivity index (χ3v) is 3.02. The summed E-state index contributed by atoms with van der Waals surface area (Å²) < 4.78 is 5.47. The van der Waals surface area contributed by atoms with Gasteiger partial charge in [-0.3, -0.25) is 0 Å². The van der Waals surface area contributed by atoms with E-state index in [1.165, 1.54) is 12.0 Å². The van der Waals surface area contributed by atoms with Crippen molar-refractivity contribution in [2.24, 2.45) is 5.92 Å². The molecule has 0 radical (unpaired) electrons. The van der Waals surface area contributed by atoms with Gasteiger partial charge >= 0.3 is 0 Å². The summed E-state index contributed by atoms with van der Waals surface area (Å²) in [5.41, 5.74) is 1.38. The summed E-state index contributed by atoms with van der Waals surface area (Å²) >= 11 is 0. The molecule has 2 rings (SSSR count). The first-order valence-electron chi connectivity index (χ1n) is 5.78. The molecule has 2 atom stereocenters. The maximum absolute atomic E-state index is 5.47. The van der Waals surface area contributed by atoms with Gasteiger partial charge in [0.05, 0.1) is 6.61 Å². The minimum Gasteiger partial charge on any atom is -0.381 e. The fraction of sp³-hybridized carbons (Fsp3) is 0.538. The summed E-state index contributed by atoms with van der Waals surface area (Å²) in [5.74, 6) is 0.632. The highest BCUT2D eigenvalue weighted by Gasteiger charge is 2.25. The molecular formula is C13H19NO. The molecule has 0 aliphatic carbocycles. The number of hydrogen-bond donors (Lipinski definition) is 1. The van der Waals surface area contributed by atoms with Crippen LogP contribution in [0.15, 0.2) is 30.3 Å². The Morgan fingerprint density at radius 3 is 2.80 bits per heavy atom. The minimum absolute atomic E-state index is 0.457. The van der Waals surface area contributed by atoms with E-state index in [2.05, 4.69) is 42.6 Å². The van der Waals surface area contributed by atoms with Gasteiger partial charge in [-0.2, -0.15) is 0 Å². The maximum Gasteiger partial charge on any atom is 0.0513 e. The van der Waals surface area contributed by atoms with Gasteiger partial charge < -0.3 is 10.1 Å². The Morgan fingerprint density at radius 1 is 1.40 bits per heavy atom. The average Bonchev–Trinajstić information content (AvgIpc) is 2.80. The summed E-state index contributed by atoms with van der Waals surface area (Å²) in [7, 11) is 0. The molecule has 0 unspecified atom stereocenters. The zero-order valence-electron chi connectivity index (χ0n) is 9.28. The van der Waals surface area contributed by atoms with Gasteiger partial charge in [-0.15, -0.1) is 0 Å². The molecule has 1 aromatic rings. The lowest BCUT2D eigenvalue weighted by Crippen LogP contribution is -2.28. The van der Waals surface area contributed by atoms with Crippen molar-refractivity contribution in [3.63, 3.8) is 0 Å². The topological polar surface area (TPSA) is 21.3 Å². The predicted molar refractivity (Wildman–Crippen MR) is 61.8 cm³/mol. The molecule has 1 aliphatic heterocycles. The summed E-state index contributed by atoms with van der Waals surface area (Å²) in [4.78, 5) is 0. The van der Waals surface area contributed by atoms with Crippen molar-refractivity contribution in [3.05, 3.63) is 35.9 Å². The van der Waals surface area contributed by atoms with Gasteiger partial charge in [0.1, 0.15) is 0 Å². The number of ether oxygens (including phenoxy) is 1. The van der Waals surface area contributed by atoms with Gasteiger partial charge in [0.15, 0.2) is 0 Å². The lowest BCUT2D eigenvalue weighted by molar-refractivity contribution is 0.177. The van der Waals surface area contributed by atoms with Crippen LogP contribution in [0.1, 0.15) is 24.9 Å². The third-order valence-electron chi connectivity index (χ3n) is 3.02. The summed E-state index contributed by atoms with van der Waals surface area (Å²) in [6.07, 6.45) is 1.17. The van der Waals surface area contributed by atoms with Crippen molar-refractivity contribution in [2.45, 2.75) is 19.4 Å². The fourth-order valence-electron chi connectivity index (χ4n) is 2.25. The van der Waals surface area contributed by atoms with Gasteiger partial charge in [-0.25, -0.2) is 0 Å². The molecule has 1 aliphatic rings. The van der Waals surface area contributed by atoms with Crippen LogP contribution in [-0.4, -0.2) is 19.8 Å². The van der Waals surface area contributed by atoms with E-state index in [1.54, 1.807) is 0 Å². The van der Waals surface area contributed by atoms with E-state index in [-0.39, 0.29) is 0 Å². The summed E-state index contributed by atoms with van der Waals surface area (Å²) in [6, 6.07) is 11.1. The highest BCUT2D eigenvalue weighted by molar-refractivity contribution is 5.20. The van der Waals surface area contributed by atoms with Crippen molar-refractivity contribution < 1.29 is 4.74 Å². The quantitative estimate of drug-likeness (QED) is 0.815. The number of benzene rings is 1. The molecule has 15 heavy (non-hydrogen) atoms. The van der Waals surface area contributed by atoms with Crippen LogP contribution in [0.2, 0.25) is 0 Å². The Kier molecular flexibility index (Phi) is 3.75. The first kappa shape index (κ1) is 10.7. The van der Waals surface area contributed by atoms with Crippen LogP contribution in [0.25, 0.3) is 0 Å². The van der Waals surface area contributed by atoms with Crippen LogP contribution in [0.5, 0.6) is 0 Å². The van der Waals surface area contributed by atoms with E-state index >= 15 is 0 Å².